The molecule has 0 fully saturated rings. The highest BCUT2D eigenvalue weighted by atomic mass is 32.1. The van der Waals surface area contributed by atoms with E-state index in [1.165, 1.54) is 9.78 Å². The van der Waals surface area contributed by atoms with E-state index in [1.807, 2.05) is 6.07 Å². The lowest BCUT2D eigenvalue weighted by Gasteiger charge is -2.18. The van der Waals surface area contributed by atoms with Gasteiger partial charge in [-0.3, -0.25) is 10.3 Å². The summed E-state index contributed by atoms with van der Waals surface area (Å²) in [5.41, 5.74) is 5.34. The van der Waals surface area contributed by atoms with Crippen molar-refractivity contribution in [1.29, 1.82) is 5.41 Å². The highest BCUT2D eigenvalue weighted by molar-refractivity contribution is 7.12. The van der Waals surface area contributed by atoms with Crippen molar-refractivity contribution in [1.82, 2.24) is 4.90 Å². The normalized spacial score (nSPS) is 11.3. The van der Waals surface area contributed by atoms with Gasteiger partial charge in [-0.1, -0.05) is 20.8 Å². The Bertz CT molecular complexity index is 417. The van der Waals surface area contributed by atoms with Gasteiger partial charge in [-0.15, -0.1) is 11.3 Å². The summed E-state index contributed by atoms with van der Waals surface area (Å²) in [6, 6.07) is 3.48. The molecule has 2 amide bonds. The average molecular weight is 253 g/mol. The molecule has 0 atom stereocenters. The van der Waals surface area contributed by atoms with Gasteiger partial charge in [0.15, 0.2) is 0 Å². The minimum Gasteiger partial charge on any atom is -0.351 e. The molecule has 5 heteroatoms. The molecule has 0 unspecified atom stereocenters. The summed E-state index contributed by atoms with van der Waals surface area (Å²) in [4.78, 5) is 14.7. The van der Waals surface area contributed by atoms with E-state index in [0.717, 1.165) is 4.88 Å². The topological polar surface area (TPSA) is 70.2 Å². The van der Waals surface area contributed by atoms with Gasteiger partial charge in [0, 0.05) is 9.75 Å². The standard InChI is InChI=1S/C12H19N3OS/c1-8(13)15(11(14)16)7-9-5-6-10(17-9)12(2,3)4/h5-6,13H,7H2,1-4H3,(H2,14,16). The van der Waals surface area contributed by atoms with E-state index in [9.17, 15) is 4.79 Å². The minimum absolute atomic E-state index is 0.111. The number of nitrogens with one attached hydrogen (secondary N) is 1. The lowest BCUT2D eigenvalue weighted by Crippen LogP contribution is -2.38. The van der Waals surface area contributed by atoms with Gasteiger partial charge in [-0.05, 0) is 24.5 Å². The van der Waals surface area contributed by atoms with E-state index in [0.29, 0.717) is 6.54 Å². The van der Waals surface area contributed by atoms with Crippen molar-refractivity contribution in [2.24, 2.45) is 5.73 Å². The molecule has 1 aromatic heterocycles. The molecule has 0 aromatic carbocycles. The maximum Gasteiger partial charge on any atom is 0.320 e. The third-order valence-corrected chi connectivity index (χ3v) is 3.88. The molecule has 4 nitrogen and oxygen atoms in total. The molecule has 0 saturated heterocycles. The predicted molar refractivity (Wildman–Crippen MR) is 71.5 cm³/mol. The Morgan fingerprint density at radius 3 is 2.41 bits per heavy atom. The van der Waals surface area contributed by atoms with Crippen molar-refractivity contribution in [2.45, 2.75) is 39.7 Å². The first kappa shape index (κ1) is 13.7. The fraction of sp³-hybridized carbons (Fsp3) is 0.500. The Morgan fingerprint density at radius 2 is 2.06 bits per heavy atom. The zero-order valence-corrected chi connectivity index (χ0v) is 11.5. The molecule has 0 saturated carbocycles. The van der Waals surface area contributed by atoms with Gasteiger partial charge in [-0.2, -0.15) is 0 Å². The van der Waals surface area contributed by atoms with E-state index in [2.05, 4.69) is 26.8 Å². The van der Waals surface area contributed by atoms with Gasteiger partial charge in [-0.25, -0.2) is 4.79 Å². The lowest BCUT2D eigenvalue weighted by molar-refractivity contribution is 0.228. The summed E-state index contributed by atoms with van der Waals surface area (Å²) in [5.74, 6) is 0.170. The Labute approximate surface area is 106 Å². The third-order valence-electron chi connectivity index (χ3n) is 2.39. The second kappa shape index (κ2) is 4.87. The van der Waals surface area contributed by atoms with Crippen molar-refractivity contribution < 1.29 is 4.79 Å². The van der Waals surface area contributed by atoms with Gasteiger partial charge in [0.25, 0.3) is 0 Å². The van der Waals surface area contributed by atoms with Crippen LogP contribution in [0.2, 0.25) is 0 Å². The number of nitrogens with zero attached hydrogens (tertiary/aromatic N) is 1. The van der Waals surface area contributed by atoms with Crippen LogP contribution in [0.3, 0.4) is 0 Å². The zero-order valence-electron chi connectivity index (χ0n) is 10.7. The lowest BCUT2D eigenvalue weighted by atomic mass is 9.95. The predicted octanol–water partition coefficient (Wildman–Crippen LogP) is 2.92. The number of urea groups is 1. The van der Waals surface area contributed by atoms with Gasteiger partial charge in [0.2, 0.25) is 0 Å². The molecule has 1 heterocycles. The van der Waals surface area contributed by atoms with E-state index in [-0.39, 0.29) is 11.3 Å². The number of amides is 2. The maximum absolute atomic E-state index is 11.2. The number of carbonyl (C=O) groups excluding carboxylic acids is 1. The van der Waals surface area contributed by atoms with Crippen LogP contribution in [0.5, 0.6) is 0 Å². The molecule has 17 heavy (non-hydrogen) atoms. The molecule has 94 valence electrons. The number of carbonyl (C=O) groups is 1. The van der Waals surface area contributed by atoms with Crippen LogP contribution >= 0.6 is 11.3 Å². The molecule has 1 rings (SSSR count). The average Bonchev–Trinajstić information content (AvgIpc) is 2.60. The first-order valence-corrected chi connectivity index (χ1v) is 6.25. The summed E-state index contributed by atoms with van der Waals surface area (Å²) in [6.45, 7) is 8.39. The van der Waals surface area contributed by atoms with Gasteiger partial charge < -0.3 is 5.73 Å². The van der Waals surface area contributed by atoms with E-state index >= 15 is 0 Å². The summed E-state index contributed by atoms with van der Waals surface area (Å²) >= 11 is 1.66. The highest BCUT2D eigenvalue weighted by Gasteiger charge is 2.18. The molecule has 0 spiro atoms. The van der Waals surface area contributed by atoms with Crippen molar-refractivity contribution in [2.75, 3.05) is 0 Å². The fourth-order valence-electron chi connectivity index (χ4n) is 1.38. The molecule has 1 aromatic rings. The fourth-order valence-corrected chi connectivity index (χ4v) is 2.44. The van der Waals surface area contributed by atoms with Crippen molar-refractivity contribution in [3.8, 4) is 0 Å². The largest absolute Gasteiger partial charge is 0.351 e. The molecule has 0 aliphatic rings. The zero-order chi connectivity index (χ0) is 13.2. The number of rotatable bonds is 2. The SMILES string of the molecule is CC(=N)N(Cc1ccc(C(C)(C)C)s1)C(N)=O. The first-order valence-electron chi connectivity index (χ1n) is 5.43. The Hall–Kier alpha value is -1.36. The van der Waals surface area contributed by atoms with Crippen molar-refractivity contribution in [3.63, 3.8) is 0 Å². The molecule has 3 N–H and O–H groups in total. The van der Waals surface area contributed by atoms with Gasteiger partial charge in [0.05, 0.1) is 6.54 Å². The van der Waals surface area contributed by atoms with Crippen LogP contribution in [0.25, 0.3) is 0 Å². The highest BCUT2D eigenvalue weighted by Crippen LogP contribution is 2.30. The van der Waals surface area contributed by atoms with Crippen molar-refractivity contribution >= 4 is 23.2 Å². The van der Waals surface area contributed by atoms with E-state index < -0.39 is 6.03 Å². The summed E-state index contributed by atoms with van der Waals surface area (Å²) in [6.07, 6.45) is 0. The quantitative estimate of drug-likeness (QED) is 0.617. The second-order valence-electron chi connectivity index (χ2n) is 5.03. The molecular formula is C12H19N3OS. The summed E-state index contributed by atoms with van der Waals surface area (Å²) in [5, 5.41) is 7.49. The van der Waals surface area contributed by atoms with Crippen LogP contribution in [0, 0.1) is 5.41 Å². The third kappa shape index (κ3) is 3.56. The number of thiophene rings is 1. The smallest absolute Gasteiger partial charge is 0.320 e. The first-order chi connectivity index (χ1) is 7.71. The molecule has 0 aliphatic carbocycles. The number of hydrogen-bond donors (Lipinski definition) is 2. The Morgan fingerprint density at radius 1 is 1.47 bits per heavy atom. The van der Waals surface area contributed by atoms with Crippen LogP contribution in [-0.2, 0) is 12.0 Å². The van der Waals surface area contributed by atoms with Crippen LogP contribution < -0.4 is 5.73 Å². The minimum atomic E-state index is -0.580. The van der Waals surface area contributed by atoms with E-state index in [1.54, 1.807) is 18.3 Å². The summed E-state index contributed by atoms with van der Waals surface area (Å²) in [7, 11) is 0. The van der Waals surface area contributed by atoms with Crippen LogP contribution in [-0.4, -0.2) is 16.8 Å². The molecule has 0 bridgehead atoms. The number of primary amides is 1. The van der Waals surface area contributed by atoms with Gasteiger partial charge in [0.1, 0.15) is 5.84 Å². The number of hydrogen-bond acceptors (Lipinski definition) is 3. The summed E-state index contributed by atoms with van der Waals surface area (Å²) < 4.78 is 0. The molecular weight excluding hydrogens is 234 g/mol. The van der Waals surface area contributed by atoms with Crippen LogP contribution in [0.1, 0.15) is 37.4 Å². The molecule has 0 radical (unpaired) electrons. The van der Waals surface area contributed by atoms with Crippen LogP contribution in [0.15, 0.2) is 12.1 Å². The maximum atomic E-state index is 11.2. The Kier molecular flexibility index (Phi) is 3.93. The number of amidine groups is 1. The van der Waals surface area contributed by atoms with Crippen molar-refractivity contribution in [3.05, 3.63) is 21.9 Å². The van der Waals surface area contributed by atoms with Gasteiger partial charge >= 0.3 is 6.03 Å². The van der Waals surface area contributed by atoms with Crippen LogP contribution in [0.4, 0.5) is 4.79 Å². The second-order valence-corrected chi connectivity index (χ2v) is 6.19. The Balaban J connectivity index is 2.85. The monoisotopic (exact) mass is 253 g/mol. The molecule has 0 aliphatic heterocycles. The number of nitrogens with two attached hydrogens (primary N) is 1. The van der Waals surface area contributed by atoms with E-state index in [4.69, 9.17) is 11.1 Å².